The van der Waals surface area contributed by atoms with E-state index in [1.807, 2.05) is 42.7 Å². The molecule has 1 N–H and O–H groups in total. The topological polar surface area (TPSA) is 72.0 Å². The second kappa shape index (κ2) is 9.96. The number of aromatic nitrogens is 3. The maximum atomic E-state index is 10.5. The Morgan fingerprint density at radius 3 is 2.19 bits per heavy atom. The second-order valence-corrected chi connectivity index (χ2v) is 11.6. The molecule has 3 aromatic heterocycles. The Hall–Kier alpha value is -5.29. The summed E-state index contributed by atoms with van der Waals surface area (Å²) < 4.78 is 6.15. The number of phenolic OH excluding ortho intramolecular Hbond substituents is 1. The van der Waals surface area contributed by atoms with Crippen molar-refractivity contribution in [2.24, 2.45) is 0 Å². The van der Waals surface area contributed by atoms with Crippen molar-refractivity contribution in [2.45, 2.75) is 26.2 Å². The molecule has 0 fully saturated rings. The molecule has 0 saturated carbocycles. The van der Waals surface area contributed by atoms with E-state index in [0.29, 0.717) is 17.0 Å². The molecular formula is C37H29N3O2. The number of phenols is 1. The number of hydrogen-bond acceptors (Lipinski definition) is 5. The highest BCUT2D eigenvalue weighted by molar-refractivity contribution is 5.99. The third-order valence-electron chi connectivity index (χ3n) is 7.67. The van der Waals surface area contributed by atoms with Gasteiger partial charge in [-0.15, -0.1) is 0 Å². The van der Waals surface area contributed by atoms with E-state index in [-0.39, 0.29) is 11.2 Å². The molecule has 0 bridgehead atoms. The van der Waals surface area contributed by atoms with Gasteiger partial charge in [0.2, 0.25) is 5.89 Å². The third-order valence-corrected chi connectivity index (χ3v) is 7.67. The van der Waals surface area contributed by atoms with Crippen LogP contribution in [0.4, 0.5) is 0 Å². The summed E-state index contributed by atoms with van der Waals surface area (Å²) in [5.41, 5.74) is 10.3. The molecule has 204 valence electrons. The lowest BCUT2D eigenvalue weighted by Gasteiger charge is -2.21. The first kappa shape index (κ1) is 25.7. The van der Waals surface area contributed by atoms with Crippen LogP contribution >= 0.6 is 0 Å². The van der Waals surface area contributed by atoms with Crippen molar-refractivity contribution in [3.05, 3.63) is 121 Å². The summed E-state index contributed by atoms with van der Waals surface area (Å²) in [7, 11) is 0. The molecule has 0 aliphatic rings. The van der Waals surface area contributed by atoms with Crippen LogP contribution in [0.5, 0.6) is 5.75 Å². The Bertz CT molecular complexity index is 2090. The smallest absolute Gasteiger partial charge is 0.231 e. The van der Waals surface area contributed by atoms with E-state index < -0.39 is 0 Å². The van der Waals surface area contributed by atoms with Crippen LogP contribution in [0.2, 0.25) is 0 Å². The van der Waals surface area contributed by atoms with Crippen LogP contribution in [-0.4, -0.2) is 20.1 Å². The van der Waals surface area contributed by atoms with E-state index in [2.05, 4.69) is 74.3 Å². The van der Waals surface area contributed by atoms with E-state index >= 15 is 0 Å². The minimum atomic E-state index is -0.0335. The van der Waals surface area contributed by atoms with Gasteiger partial charge in [0, 0.05) is 40.7 Å². The normalized spacial score (nSPS) is 11.8. The summed E-state index contributed by atoms with van der Waals surface area (Å²) >= 11 is 0. The largest absolute Gasteiger partial charge is 0.507 e. The molecule has 0 saturated heterocycles. The lowest BCUT2D eigenvalue weighted by molar-refractivity contribution is 0.474. The zero-order valence-corrected chi connectivity index (χ0v) is 23.7. The van der Waals surface area contributed by atoms with E-state index in [9.17, 15) is 5.11 Å². The van der Waals surface area contributed by atoms with Crippen LogP contribution in [-0.2, 0) is 5.41 Å². The van der Waals surface area contributed by atoms with E-state index in [4.69, 9.17) is 14.4 Å². The van der Waals surface area contributed by atoms with Gasteiger partial charge < -0.3 is 9.52 Å². The molecule has 0 unspecified atom stereocenters. The van der Waals surface area contributed by atoms with Gasteiger partial charge in [0.15, 0.2) is 5.58 Å². The predicted molar refractivity (Wildman–Crippen MR) is 169 cm³/mol. The Morgan fingerprint density at radius 1 is 0.643 bits per heavy atom. The molecule has 5 heteroatoms. The molecule has 0 atom stereocenters. The van der Waals surface area contributed by atoms with E-state index in [0.717, 1.165) is 49.8 Å². The quantitative estimate of drug-likeness (QED) is 0.238. The van der Waals surface area contributed by atoms with Crippen molar-refractivity contribution in [3.63, 3.8) is 0 Å². The summed E-state index contributed by atoms with van der Waals surface area (Å²) in [5, 5.41) is 11.6. The van der Waals surface area contributed by atoms with Gasteiger partial charge in [-0.05, 0) is 88.3 Å². The van der Waals surface area contributed by atoms with Crippen molar-refractivity contribution in [2.75, 3.05) is 0 Å². The fraction of sp³-hybridized carbons (Fsp3) is 0.108. The van der Waals surface area contributed by atoms with Crippen molar-refractivity contribution < 1.29 is 9.52 Å². The fourth-order valence-corrected chi connectivity index (χ4v) is 5.44. The molecular weight excluding hydrogens is 518 g/mol. The second-order valence-electron chi connectivity index (χ2n) is 11.6. The zero-order chi connectivity index (χ0) is 28.8. The van der Waals surface area contributed by atoms with Gasteiger partial charge >= 0.3 is 0 Å². The highest BCUT2D eigenvalue weighted by atomic mass is 16.3. The Labute approximate surface area is 244 Å². The fourth-order valence-electron chi connectivity index (χ4n) is 5.44. The number of pyridine rings is 2. The molecule has 0 amide bonds. The summed E-state index contributed by atoms with van der Waals surface area (Å²) in [5.74, 6) is 0.511. The van der Waals surface area contributed by atoms with Crippen molar-refractivity contribution in [1.82, 2.24) is 15.0 Å². The maximum absolute atomic E-state index is 10.5. The zero-order valence-electron chi connectivity index (χ0n) is 23.7. The molecule has 0 aliphatic heterocycles. The summed E-state index contributed by atoms with van der Waals surface area (Å²) in [6.07, 6.45) is 5.53. The average molecular weight is 548 g/mol. The van der Waals surface area contributed by atoms with Gasteiger partial charge in [0.1, 0.15) is 11.3 Å². The van der Waals surface area contributed by atoms with Gasteiger partial charge in [-0.3, -0.25) is 9.97 Å². The summed E-state index contributed by atoms with van der Waals surface area (Å²) in [4.78, 5) is 14.1. The highest BCUT2D eigenvalue weighted by Gasteiger charge is 2.20. The summed E-state index contributed by atoms with van der Waals surface area (Å²) in [6.45, 7) is 6.71. The van der Waals surface area contributed by atoms with Crippen molar-refractivity contribution in [3.8, 4) is 50.6 Å². The number of aromatic hydroxyl groups is 1. The number of para-hydroxylation sites is 2. The van der Waals surface area contributed by atoms with E-state index in [1.165, 1.54) is 5.56 Å². The molecule has 3 heterocycles. The Kier molecular flexibility index (Phi) is 6.09. The minimum absolute atomic E-state index is 0.0335. The van der Waals surface area contributed by atoms with Crippen LogP contribution < -0.4 is 0 Å². The lowest BCUT2D eigenvalue weighted by atomic mass is 9.83. The third kappa shape index (κ3) is 4.59. The van der Waals surface area contributed by atoms with Gasteiger partial charge in [0.25, 0.3) is 0 Å². The van der Waals surface area contributed by atoms with Crippen LogP contribution in [0.1, 0.15) is 26.3 Å². The molecule has 42 heavy (non-hydrogen) atoms. The molecule has 0 spiro atoms. The highest BCUT2D eigenvalue weighted by Crippen LogP contribution is 2.40. The first-order valence-electron chi connectivity index (χ1n) is 14.0. The van der Waals surface area contributed by atoms with E-state index in [1.54, 1.807) is 24.4 Å². The maximum Gasteiger partial charge on any atom is 0.231 e. The first-order valence-corrected chi connectivity index (χ1v) is 14.0. The number of benzene rings is 4. The summed E-state index contributed by atoms with van der Waals surface area (Å²) in [6, 6.07) is 32.3. The Balaban J connectivity index is 1.49. The van der Waals surface area contributed by atoms with Crippen LogP contribution in [0, 0.1) is 0 Å². The lowest BCUT2D eigenvalue weighted by Crippen LogP contribution is -2.11. The first-order chi connectivity index (χ1) is 20.3. The molecule has 0 aliphatic carbocycles. The molecule has 7 aromatic rings. The SMILES string of the molecule is CC(C)(C)c1cc(-c2cc(-c3cccnc3)cc(-c3cccc4oc(-c5ccccc5O)nc34)c2)c2ncccc2c1. The van der Waals surface area contributed by atoms with Crippen LogP contribution in [0.25, 0.3) is 66.8 Å². The Morgan fingerprint density at radius 2 is 1.40 bits per heavy atom. The monoisotopic (exact) mass is 547 g/mol. The molecule has 4 aromatic carbocycles. The molecule has 7 rings (SSSR count). The molecule has 5 nitrogen and oxygen atoms in total. The van der Waals surface area contributed by atoms with Gasteiger partial charge in [-0.2, -0.15) is 0 Å². The van der Waals surface area contributed by atoms with Crippen molar-refractivity contribution >= 4 is 22.0 Å². The number of hydrogen-bond donors (Lipinski definition) is 1. The predicted octanol–water partition coefficient (Wildman–Crippen LogP) is 9.44. The number of fused-ring (bicyclic) bond motifs is 2. The van der Waals surface area contributed by atoms with Crippen LogP contribution in [0.3, 0.4) is 0 Å². The van der Waals surface area contributed by atoms with Gasteiger partial charge in [-0.1, -0.05) is 57.2 Å². The van der Waals surface area contributed by atoms with Crippen molar-refractivity contribution in [1.29, 1.82) is 0 Å². The number of nitrogens with zero attached hydrogens (tertiary/aromatic N) is 3. The standard InChI is InChI=1S/C37H29N3O2/c1-37(2,3)28-20-23-9-8-16-39-34(23)31(21-28)27-18-25(24-10-7-15-38-22-24)17-26(19-27)29-12-6-14-33-35(29)40-36(42-33)30-11-4-5-13-32(30)41/h4-22,41H,1-3H3. The molecule has 0 radical (unpaired) electrons. The van der Waals surface area contributed by atoms with Crippen LogP contribution in [0.15, 0.2) is 120 Å². The van der Waals surface area contributed by atoms with Gasteiger partial charge in [0.05, 0.1) is 11.1 Å². The number of oxazole rings is 1. The average Bonchev–Trinajstić information content (AvgIpc) is 3.45. The minimum Gasteiger partial charge on any atom is -0.507 e. The van der Waals surface area contributed by atoms with Gasteiger partial charge in [-0.25, -0.2) is 4.98 Å². The number of rotatable bonds is 4.